The molecule has 1 amide bonds. The Morgan fingerprint density at radius 2 is 1.92 bits per heavy atom. The van der Waals surface area contributed by atoms with Crippen molar-refractivity contribution in [3.8, 4) is 6.07 Å². The van der Waals surface area contributed by atoms with Gasteiger partial charge in [-0.3, -0.25) is 23.9 Å². The summed E-state index contributed by atoms with van der Waals surface area (Å²) in [5.41, 5.74) is 0.889. The Hall–Kier alpha value is -2.68. The second-order valence-electron chi connectivity index (χ2n) is 8.80. The van der Waals surface area contributed by atoms with E-state index in [1.54, 1.807) is 29.4 Å². The van der Waals surface area contributed by atoms with Gasteiger partial charge in [0.05, 0.1) is 17.4 Å². The first kappa shape index (κ1) is 28.9. The highest BCUT2D eigenvalue weighted by atomic mass is 32.2. The molecule has 2 saturated heterocycles. The summed E-state index contributed by atoms with van der Waals surface area (Å²) in [5.74, 6) is 0.0895. The van der Waals surface area contributed by atoms with Gasteiger partial charge in [0.1, 0.15) is 21.8 Å². The van der Waals surface area contributed by atoms with Gasteiger partial charge in [-0.1, -0.05) is 24.0 Å². The SMILES string of the molecule is CCOCCCN1C(=O)/C(=C\c2c(C)c(C#N)c(=O)n(CC)c2N2CCC(C(=O)OCC)CC2)SC1=S. The van der Waals surface area contributed by atoms with Crippen LogP contribution in [0.15, 0.2) is 9.70 Å². The molecule has 3 heterocycles. The molecule has 0 spiro atoms. The highest BCUT2D eigenvalue weighted by molar-refractivity contribution is 8.26. The molecule has 9 nitrogen and oxygen atoms in total. The van der Waals surface area contributed by atoms with Gasteiger partial charge in [0, 0.05) is 45.0 Å². The van der Waals surface area contributed by atoms with E-state index in [4.69, 9.17) is 21.7 Å². The number of amides is 1. The van der Waals surface area contributed by atoms with E-state index >= 15 is 0 Å². The first-order valence-electron chi connectivity index (χ1n) is 12.7. The average molecular weight is 547 g/mol. The minimum Gasteiger partial charge on any atom is -0.466 e. The Balaban J connectivity index is 2.00. The third-order valence-electron chi connectivity index (χ3n) is 6.60. The standard InChI is InChI=1S/C26H34N4O5S2/c1-5-29-22(28-12-9-18(10-13-28)25(33)35-7-3)19(17(4)20(16-27)23(29)31)15-21-24(32)30(26(36)37-21)11-8-14-34-6-2/h15,18H,5-14H2,1-4H3/b21-15+. The Morgan fingerprint density at radius 3 is 2.51 bits per heavy atom. The number of piperidine rings is 1. The van der Waals surface area contributed by atoms with Crippen LogP contribution in [0.2, 0.25) is 0 Å². The molecule has 2 aliphatic rings. The smallest absolute Gasteiger partial charge is 0.309 e. The number of nitriles is 1. The number of thiocarbonyl (C=S) groups is 1. The number of rotatable bonds is 10. The monoisotopic (exact) mass is 546 g/mol. The number of thioether (sulfide) groups is 1. The van der Waals surface area contributed by atoms with Gasteiger partial charge >= 0.3 is 5.97 Å². The van der Waals surface area contributed by atoms with E-state index in [0.29, 0.717) is 91.4 Å². The van der Waals surface area contributed by atoms with Crippen molar-refractivity contribution in [3.63, 3.8) is 0 Å². The molecule has 0 N–H and O–H groups in total. The predicted molar refractivity (Wildman–Crippen MR) is 148 cm³/mol. The van der Waals surface area contributed by atoms with Crippen LogP contribution in [0.5, 0.6) is 0 Å². The largest absolute Gasteiger partial charge is 0.466 e. The average Bonchev–Trinajstić information content (AvgIpc) is 3.15. The summed E-state index contributed by atoms with van der Waals surface area (Å²) < 4.78 is 12.6. The van der Waals surface area contributed by atoms with Crippen molar-refractivity contribution in [1.82, 2.24) is 9.47 Å². The fraction of sp³-hybridized carbons (Fsp3) is 0.577. The van der Waals surface area contributed by atoms with Crippen molar-refractivity contribution in [2.75, 3.05) is 44.4 Å². The molecule has 0 atom stereocenters. The zero-order valence-corrected chi connectivity index (χ0v) is 23.5. The third-order valence-corrected chi connectivity index (χ3v) is 7.98. The van der Waals surface area contributed by atoms with Crippen molar-refractivity contribution >= 4 is 52.1 Å². The van der Waals surface area contributed by atoms with Gasteiger partial charge in [0.25, 0.3) is 11.5 Å². The van der Waals surface area contributed by atoms with E-state index in [0.717, 1.165) is 0 Å². The van der Waals surface area contributed by atoms with Gasteiger partial charge in [0.2, 0.25) is 0 Å². The van der Waals surface area contributed by atoms with Crippen LogP contribution >= 0.6 is 24.0 Å². The maximum absolute atomic E-state index is 13.2. The van der Waals surface area contributed by atoms with Gasteiger partial charge in [-0.15, -0.1) is 0 Å². The van der Waals surface area contributed by atoms with Gasteiger partial charge in [-0.05, 0) is 58.6 Å². The molecule has 0 saturated carbocycles. The molecule has 0 radical (unpaired) electrons. The van der Waals surface area contributed by atoms with Crippen LogP contribution in [0.25, 0.3) is 6.08 Å². The molecule has 1 aromatic heterocycles. The quantitative estimate of drug-likeness (QED) is 0.189. The van der Waals surface area contributed by atoms with E-state index in [1.165, 1.54) is 11.8 Å². The molecule has 0 bridgehead atoms. The lowest BCUT2D eigenvalue weighted by Gasteiger charge is -2.35. The number of nitrogens with zero attached hydrogens (tertiary/aromatic N) is 4. The number of hydrogen-bond acceptors (Lipinski definition) is 9. The fourth-order valence-corrected chi connectivity index (χ4v) is 5.95. The minimum absolute atomic E-state index is 0.0606. The normalized spacial score (nSPS) is 17.5. The van der Waals surface area contributed by atoms with Crippen LogP contribution in [0.3, 0.4) is 0 Å². The van der Waals surface area contributed by atoms with Crippen LogP contribution < -0.4 is 10.5 Å². The highest BCUT2D eigenvalue weighted by Crippen LogP contribution is 2.37. The Labute approximate surface area is 227 Å². The number of esters is 1. The van der Waals surface area contributed by atoms with Crippen LogP contribution in [0.1, 0.15) is 56.7 Å². The summed E-state index contributed by atoms with van der Waals surface area (Å²) in [6, 6.07) is 2.05. The summed E-state index contributed by atoms with van der Waals surface area (Å²) in [5, 5.41) is 9.77. The summed E-state index contributed by atoms with van der Waals surface area (Å²) in [6.45, 7) is 10.7. The summed E-state index contributed by atoms with van der Waals surface area (Å²) in [4.78, 5) is 42.8. The van der Waals surface area contributed by atoms with Crippen LogP contribution in [0.4, 0.5) is 5.82 Å². The van der Waals surface area contributed by atoms with Crippen LogP contribution in [-0.4, -0.2) is 65.1 Å². The lowest BCUT2D eigenvalue weighted by molar-refractivity contribution is -0.148. The molecule has 1 aromatic rings. The lowest BCUT2D eigenvalue weighted by atomic mass is 9.95. The number of aromatic nitrogens is 1. The Kier molecular flexibility index (Phi) is 10.3. The van der Waals surface area contributed by atoms with E-state index in [9.17, 15) is 19.6 Å². The van der Waals surface area contributed by atoms with Crippen molar-refractivity contribution in [3.05, 3.63) is 31.9 Å². The first-order chi connectivity index (χ1) is 17.8. The Morgan fingerprint density at radius 1 is 1.22 bits per heavy atom. The van der Waals surface area contributed by atoms with Crippen LogP contribution in [0, 0.1) is 24.2 Å². The van der Waals surface area contributed by atoms with Gasteiger partial charge in [0.15, 0.2) is 0 Å². The van der Waals surface area contributed by atoms with E-state index < -0.39 is 0 Å². The van der Waals surface area contributed by atoms with E-state index in [1.807, 2.05) is 13.8 Å². The summed E-state index contributed by atoms with van der Waals surface area (Å²) >= 11 is 6.70. The van der Waals surface area contributed by atoms with Crippen LogP contribution in [-0.2, 0) is 25.6 Å². The molecule has 0 aromatic carbocycles. The molecule has 11 heteroatoms. The number of carbonyl (C=O) groups excluding carboxylic acids is 2. The van der Waals surface area contributed by atoms with Crippen molar-refractivity contribution < 1.29 is 19.1 Å². The number of pyridine rings is 1. The second-order valence-corrected chi connectivity index (χ2v) is 10.5. The molecular weight excluding hydrogens is 512 g/mol. The van der Waals surface area contributed by atoms with Gasteiger partial charge in [-0.2, -0.15) is 5.26 Å². The summed E-state index contributed by atoms with van der Waals surface area (Å²) in [7, 11) is 0. The number of carbonyl (C=O) groups is 2. The number of anilines is 1. The minimum atomic E-state index is -0.356. The van der Waals surface area contributed by atoms with Crippen molar-refractivity contribution in [1.29, 1.82) is 5.26 Å². The van der Waals surface area contributed by atoms with E-state index in [-0.39, 0.29) is 28.9 Å². The molecule has 2 fully saturated rings. The molecular formula is C26H34N4O5S2. The zero-order valence-electron chi connectivity index (χ0n) is 21.9. The molecule has 0 aliphatic carbocycles. The van der Waals surface area contributed by atoms with Crippen molar-refractivity contribution in [2.24, 2.45) is 5.92 Å². The molecule has 2 aliphatic heterocycles. The topological polar surface area (TPSA) is 105 Å². The zero-order chi connectivity index (χ0) is 27.1. The van der Waals surface area contributed by atoms with Gasteiger partial charge in [-0.25, -0.2) is 0 Å². The number of hydrogen-bond donors (Lipinski definition) is 0. The lowest BCUT2D eigenvalue weighted by Crippen LogP contribution is -2.41. The maximum Gasteiger partial charge on any atom is 0.309 e. The second kappa shape index (κ2) is 13.2. The first-order valence-corrected chi connectivity index (χ1v) is 13.9. The molecule has 37 heavy (non-hydrogen) atoms. The Bertz CT molecular complexity index is 1180. The molecule has 3 rings (SSSR count). The van der Waals surface area contributed by atoms with E-state index in [2.05, 4.69) is 11.0 Å². The predicted octanol–water partition coefficient (Wildman–Crippen LogP) is 3.46. The van der Waals surface area contributed by atoms with Crippen molar-refractivity contribution in [2.45, 2.75) is 53.5 Å². The fourth-order valence-electron chi connectivity index (χ4n) is 4.66. The summed E-state index contributed by atoms with van der Waals surface area (Å²) in [6.07, 6.45) is 3.62. The molecule has 200 valence electrons. The maximum atomic E-state index is 13.2. The molecule has 0 unspecified atom stereocenters. The third kappa shape index (κ3) is 6.25. The number of ether oxygens (including phenoxy) is 2. The highest BCUT2D eigenvalue weighted by Gasteiger charge is 2.34. The van der Waals surface area contributed by atoms with Gasteiger partial charge < -0.3 is 14.4 Å².